The van der Waals surface area contributed by atoms with Crippen LogP contribution in [0.15, 0.2) is 0 Å². The molecule has 0 amide bonds. The third kappa shape index (κ3) is 8.04. The Morgan fingerprint density at radius 1 is 1.43 bits per heavy atom. The SMILES string of the molecule is CC(CN)CC(=O)CCCC(F)(F)F. The van der Waals surface area contributed by atoms with Crippen molar-refractivity contribution in [1.29, 1.82) is 0 Å². The van der Waals surface area contributed by atoms with Gasteiger partial charge in [0.1, 0.15) is 5.78 Å². The van der Waals surface area contributed by atoms with Gasteiger partial charge in [-0.05, 0) is 18.9 Å². The fraction of sp³-hybridized carbons (Fsp3) is 0.889. The van der Waals surface area contributed by atoms with Gasteiger partial charge in [-0.15, -0.1) is 0 Å². The number of halogens is 3. The second-order valence-electron chi connectivity index (χ2n) is 3.55. The first-order chi connectivity index (χ1) is 6.35. The van der Waals surface area contributed by atoms with Crippen molar-refractivity contribution < 1.29 is 18.0 Å². The van der Waals surface area contributed by atoms with E-state index < -0.39 is 12.6 Å². The zero-order valence-electron chi connectivity index (χ0n) is 8.23. The summed E-state index contributed by atoms with van der Waals surface area (Å²) < 4.78 is 35.1. The minimum absolute atomic E-state index is 0.00382. The first-order valence-electron chi connectivity index (χ1n) is 4.63. The van der Waals surface area contributed by atoms with E-state index in [-0.39, 0.29) is 31.0 Å². The Bertz CT molecular complexity index is 179. The number of nitrogens with two attached hydrogens (primary N) is 1. The Morgan fingerprint density at radius 3 is 2.43 bits per heavy atom. The Balaban J connectivity index is 3.55. The molecule has 0 radical (unpaired) electrons. The Kier molecular flexibility index (Phi) is 5.76. The molecule has 0 heterocycles. The molecule has 0 aromatic rings. The van der Waals surface area contributed by atoms with Gasteiger partial charge in [-0.1, -0.05) is 6.92 Å². The summed E-state index contributed by atoms with van der Waals surface area (Å²) in [6, 6.07) is 0. The quantitative estimate of drug-likeness (QED) is 0.732. The summed E-state index contributed by atoms with van der Waals surface area (Å²) >= 11 is 0. The highest BCUT2D eigenvalue weighted by molar-refractivity contribution is 5.78. The first-order valence-corrected chi connectivity index (χ1v) is 4.63. The molecule has 1 unspecified atom stereocenters. The van der Waals surface area contributed by atoms with E-state index in [0.717, 1.165) is 0 Å². The number of rotatable bonds is 6. The van der Waals surface area contributed by atoms with Crippen LogP contribution in [0.5, 0.6) is 0 Å². The van der Waals surface area contributed by atoms with Crippen molar-refractivity contribution in [3.63, 3.8) is 0 Å². The minimum Gasteiger partial charge on any atom is -0.330 e. The van der Waals surface area contributed by atoms with E-state index in [2.05, 4.69) is 0 Å². The molecule has 0 rings (SSSR count). The monoisotopic (exact) mass is 211 g/mol. The first kappa shape index (κ1) is 13.4. The highest BCUT2D eigenvalue weighted by Gasteiger charge is 2.26. The Labute approximate surface area is 81.7 Å². The van der Waals surface area contributed by atoms with Gasteiger partial charge in [0, 0.05) is 19.3 Å². The molecule has 1 atom stereocenters. The number of alkyl halides is 3. The van der Waals surface area contributed by atoms with Crippen LogP contribution in [0.25, 0.3) is 0 Å². The third-order valence-electron chi connectivity index (χ3n) is 1.89. The zero-order valence-corrected chi connectivity index (χ0v) is 8.23. The minimum atomic E-state index is -4.15. The molecule has 14 heavy (non-hydrogen) atoms. The molecule has 5 heteroatoms. The maximum atomic E-state index is 11.7. The van der Waals surface area contributed by atoms with E-state index in [1.54, 1.807) is 0 Å². The molecule has 2 nitrogen and oxygen atoms in total. The van der Waals surface area contributed by atoms with Gasteiger partial charge in [0.25, 0.3) is 0 Å². The molecule has 84 valence electrons. The largest absolute Gasteiger partial charge is 0.389 e. The fourth-order valence-corrected chi connectivity index (χ4v) is 1.06. The lowest BCUT2D eigenvalue weighted by molar-refractivity contribution is -0.137. The molecule has 0 fully saturated rings. The van der Waals surface area contributed by atoms with Crippen molar-refractivity contribution >= 4 is 5.78 Å². The standard InChI is InChI=1S/C9H16F3NO/c1-7(6-13)5-8(14)3-2-4-9(10,11)12/h7H,2-6,13H2,1H3. The highest BCUT2D eigenvalue weighted by Crippen LogP contribution is 2.22. The maximum Gasteiger partial charge on any atom is 0.389 e. The van der Waals surface area contributed by atoms with Crippen molar-refractivity contribution in [2.24, 2.45) is 11.7 Å². The molecule has 0 saturated carbocycles. The Hall–Kier alpha value is -0.580. The lowest BCUT2D eigenvalue weighted by atomic mass is 10.0. The smallest absolute Gasteiger partial charge is 0.330 e. The summed E-state index contributed by atoms with van der Waals surface area (Å²) in [6.45, 7) is 2.20. The number of Topliss-reactive ketones (excluding diaryl/α,β-unsaturated/α-hetero) is 1. The molecule has 0 spiro atoms. The van der Waals surface area contributed by atoms with Gasteiger partial charge in [0.05, 0.1) is 0 Å². The van der Waals surface area contributed by atoms with Gasteiger partial charge in [0.15, 0.2) is 0 Å². The third-order valence-corrected chi connectivity index (χ3v) is 1.89. The summed E-state index contributed by atoms with van der Waals surface area (Å²) in [5.74, 6) is -0.0689. The fourth-order valence-electron chi connectivity index (χ4n) is 1.06. The predicted octanol–water partition coefficient (Wildman–Crippen LogP) is 2.27. The maximum absolute atomic E-state index is 11.7. The summed E-state index contributed by atoms with van der Waals surface area (Å²) in [5, 5.41) is 0. The van der Waals surface area contributed by atoms with E-state index in [0.29, 0.717) is 6.54 Å². The van der Waals surface area contributed by atoms with Crippen molar-refractivity contribution in [1.82, 2.24) is 0 Å². The van der Waals surface area contributed by atoms with E-state index in [1.165, 1.54) is 0 Å². The van der Waals surface area contributed by atoms with Gasteiger partial charge in [-0.3, -0.25) is 4.79 Å². The van der Waals surface area contributed by atoms with E-state index >= 15 is 0 Å². The van der Waals surface area contributed by atoms with Gasteiger partial charge in [-0.2, -0.15) is 13.2 Å². The van der Waals surface area contributed by atoms with Crippen LogP contribution in [0.1, 0.15) is 32.6 Å². The molecular formula is C9H16F3NO. The molecule has 0 saturated heterocycles. The van der Waals surface area contributed by atoms with Crippen LogP contribution in [-0.4, -0.2) is 18.5 Å². The molecule has 0 aliphatic rings. The number of ketones is 1. The van der Waals surface area contributed by atoms with Gasteiger partial charge >= 0.3 is 6.18 Å². The molecule has 0 bridgehead atoms. The average molecular weight is 211 g/mol. The lowest BCUT2D eigenvalue weighted by Gasteiger charge is -2.08. The van der Waals surface area contributed by atoms with Crippen LogP contribution in [0.3, 0.4) is 0 Å². The zero-order chi connectivity index (χ0) is 11.2. The van der Waals surface area contributed by atoms with Crippen LogP contribution in [0, 0.1) is 5.92 Å². The van der Waals surface area contributed by atoms with E-state index in [9.17, 15) is 18.0 Å². The topological polar surface area (TPSA) is 43.1 Å². The second-order valence-corrected chi connectivity index (χ2v) is 3.55. The molecule has 0 aromatic heterocycles. The molecular weight excluding hydrogens is 195 g/mol. The van der Waals surface area contributed by atoms with Gasteiger partial charge in [-0.25, -0.2) is 0 Å². The van der Waals surface area contributed by atoms with Crippen molar-refractivity contribution in [2.45, 2.75) is 38.8 Å². The summed E-state index contributed by atoms with van der Waals surface area (Å²) in [7, 11) is 0. The van der Waals surface area contributed by atoms with Crippen LogP contribution in [0.2, 0.25) is 0 Å². The van der Waals surface area contributed by atoms with Crippen LogP contribution >= 0.6 is 0 Å². The highest BCUT2D eigenvalue weighted by atomic mass is 19.4. The van der Waals surface area contributed by atoms with Crippen LogP contribution in [-0.2, 0) is 4.79 Å². The second kappa shape index (κ2) is 6.01. The number of carbonyl (C=O) groups is 1. The van der Waals surface area contributed by atoms with Crippen LogP contribution in [0.4, 0.5) is 13.2 Å². The van der Waals surface area contributed by atoms with Crippen molar-refractivity contribution in [2.75, 3.05) is 6.54 Å². The average Bonchev–Trinajstić information content (AvgIpc) is 2.01. The summed E-state index contributed by atoms with van der Waals surface area (Å²) in [6.07, 6.45) is -4.85. The van der Waals surface area contributed by atoms with E-state index in [1.807, 2.05) is 6.92 Å². The molecule has 0 aliphatic heterocycles. The van der Waals surface area contributed by atoms with Crippen LogP contribution < -0.4 is 5.73 Å². The predicted molar refractivity (Wildman–Crippen MR) is 47.7 cm³/mol. The Morgan fingerprint density at radius 2 is 2.00 bits per heavy atom. The summed E-state index contributed by atoms with van der Waals surface area (Å²) in [4.78, 5) is 11.1. The molecule has 0 aromatic carbocycles. The molecule has 0 aliphatic carbocycles. The molecule has 2 N–H and O–H groups in total. The van der Waals surface area contributed by atoms with Crippen molar-refractivity contribution in [3.05, 3.63) is 0 Å². The normalized spacial score (nSPS) is 14.1. The van der Waals surface area contributed by atoms with Gasteiger partial charge in [0.2, 0.25) is 0 Å². The summed E-state index contributed by atoms with van der Waals surface area (Å²) in [5.41, 5.74) is 5.29. The number of hydrogen-bond acceptors (Lipinski definition) is 2. The number of hydrogen-bond donors (Lipinski definition) is 1. The van der Waals surface area contributed by atoms with Gasteiger partial charge < -0.3 is 5.73 Å². The van der Waals surface area contributed by atoms with Crippen molar-refractivity contribution in [3.8, 4) is 0 Å². The van der Waals surface area contributed by atoms with E-state index in [4.69, 9.17) is 5.73 Å². The number of carbonyl (C=O) groups excluding carboxylic acids is 1. The lowest BCUT2D eigenvalue weighted by Crippen LogP contribution is -2.15.